The van der Waals surface area contributed by atoms with Crippen LogP contribution < -0.4 is 9.62 Å². The van der Waals surface area contributed by atoms with Crippen LogP contribution in [-0.2, 0) is 32.6 Å². The van der Waals surface area contributed by atoms with Crippen LogP contribution in [0.3, 0.4) is 0 Å². The van der Waals surface area contributed by atoms with Gasteiger partial charge in [-0.1, -0.05) is 104 Å². The van der Waals surface area contributed by atoms with Crippen molar-refractivity contribution in [1.29, 1.82) is 0 Å². The van der Waals surface area contributed by atoms with Crippen LogP contribution in [0.15, 0.2) is 114 Å². The second-order valence-corrected chi connectivity index (χ2v) is 14.2. The molecule has 2 amide bonds. The van der Waals surface area contributed by atoms with Gasteiger partial charge in [-0.25, -0.2) is 8.42 Å². The molecule has 0 bridgehead atoms. The van der Waals surface area contributed by atoms with Gasteiger partial charge in [-0.15, -0.1) is 0 Å². The first-order valence-electron chi connectivity index (χ1n) is 15.7. The van der Waals surface area contributed by atoms with Crippen LogP contribution in [-0.4, -0.2) is 43.8 Å². The van der Waals surface area contributed by atoms with Gasteiger partial charge >= 0.3 is 0 Å². The number of nitrogens with one attached hydrogen (secondary N) is 1. The first kappa shape index (κ1) is 33.2. The van der Waals surface area contributed by atoms with E-state index < -0.39 is 28.5 Å². The van der Waals surface area contributed by atoms with Crippen LogP contribution in [0.2, 0.25) is 5.02 Å². The van der Waals surface area contributed by atoms with Crippen molar-refractivity contribution in [3.63, 3.8) is 0 Å². The lowest BCUT2D eigenvalue weighted by molar-refractivity contribution is -0.140. The number of hydrogen-bond donors (Lipinski definition) is 1. The molecule has 1 N–H and O–H groups in total. The van der Waals surface area contributed by atoms with Crippen molar-refractivity contribution in [3.8, 4) is 0 Å². The quantitative estimate of drug-likeness (QED) is 0.179. The molecule has 0 saturated heterocycles. The van der Waals surface area contributed by atoms with E-state index in [4.69, 9.17) is 11.6 Å². The number of sulfonamides is 1. The summed E-state index contributed by atoms with van der Waals surface area (Å²) in [6.45, 7) is 1.48. The van der Waals surface area contributed by atoms with Crippen LogP contribution in [0.1, 0.15) is 48.8 Å². The molecule has 7 nitrogen and oxygen atoms in total. The molecule has 46 heavy (non-hydrogen) atoms. The van der Waals surface area contributed by atoms with E-state index in [1.807, 2.05) is 55.5 Å². The average molecular weight is 658 g/mol. The molecular weight excluding hydrogens is 618 g/mol. The highest BCUT2D eigenvalue weighted by Gasteiger charge is 2.35. The van der Waals surface area contributed by atoms with Gasteiger partial charge in [0.15, 0.2) is 0 Å². The van der Waals surface area contributed by atoms with E-state index in [-0.39, 0.29) is 29.8 Å². The smallest absolute Gasteiger partial charge is 0.264 e. The Morgan fingerprint density at radius 3 is 2.13 bits per heavy atom. The number of amides is 2. The molecule has 240 valence electrons. The third-order valence-corrected chi connectivity index (χ3v) is 10.4. The van der Waals surface area contributed by atoms with Gasteiger partial charge in [0.25, 0.3) is 10.0 Å². The molecule has 1 saturated carbocycles. The summed E-state index contributed by atoms with van der Waals surface area (Å²) >= 11 is 6.18. The molecule has 0 unspecified atom stereocenters. The van der Waals surface area contributed by atoms with Gasteiger partial charge in [0.05, 0.1) is 10.6 Å². The highest BCUT2D eigenvalue weighted by atomic mass is 35.5. The Hall–Kier alpha value is -4.14. The van der Waals surface area contributed by atoms with Crippen molar-refractivity contribution in [3.05, 3.63) is 131 Å². The van der Waals surface area contributed by atoms with E-state index in [1.165, 1.54) is 17.0 Å². The number of carbonyl (C=O) groups excluding carboxylic acids is 2. The maximum Gasteiger partial charge on any atom is 0.264 e. The van der Waals surface area contributed by atoms with Gasteiger partial charge in [0.2, 0.25) is 11.8 Å². The molecule has 4 aromatic carbocycles. The molecule has 0 aliphatic heterocycles. The second kappa shape index (κ2) is 15.4. The molecule has 0 aromatic heterocycles. The Bertz CT molecular complexity index is 1710. The number of hydrogen-bond acceptors (Lipinski definition) is 4. The lowest BCUT2D eigenvalue weighted by atomic mass is 9.94. The Morgan fingerprint density at radius 1 is 0.826 bits per heavy atom. The third-order valence-electron chi connectivity index (χ3n) is 8.39. The maximum absolute atomic E-state index is 14.6. The summed E-state index contributed by atoms with van der Waals surface area (Å²) in [7, 11) is -4.14. The SMILES string of the molecule is Cc1cccc(N(CC(=O)N(Cc2ccc(Cl)cc2)[C@H](Cc2ccccc2)C(=O)NC2CCCCC2)S(=O)(=O)c2ccccc2)c1. The summed E-state index contributed by atoms with van der Waals surface area (Å²) in [5.41, 5.74) is 2.89. The number of rotatable bonds is 12. The fourth-order valence-corrected chi connectivity index (χ4v) is 7.47. The molecular formula is C37H40ClN3O4S. The van der Waals surface area contributed by atoms with Crippen molar-refractivity contribution >= 4 is 39.1 Å². The fraction of sp³-hybridized carbons (Fsp3) is 0.297. The highest BCUT2D eigenvalue weighted by molar-refractivity contribution is 7.92. The van der Waals surface area contributed by atoms with E-state index in [2.05, 4.69) is 5.32 Å². The first-order valence-corrected chi connectivity index (χ1v) is 17.6. The molecule has 9 heteroatoms. The van der Waals surface area contributed by atoms with E-state index in [9.17, 15) is 18.0 Å². The molecule has 1 atom stereocenters. The normalized spacial score (nSPS) is 14.3. The van der Waals surface area contributed by atoms with Gasteiger partial charge < -0.3 is 10.2 Å². The Balaban J connectivity index is 1.55. The Kier molecular flexibility index (Phi) is 11.1. The van der Waals surface area contributed by atoms with Gasteiger partial charge in [0, 0.05) is 24.0 Å². The number of carbonyl (C=O) groups is 2. The summed E-state index contributed by atoms with van der Waals surface area (Å²) in [6, 6.07) is 31.0. The van der Waals surface area contributed by atoms with Gasteiger partial charge in [0.1, 0.15) is 12.6 Å². The zero-order valence-electron chi connectivity index (χ0n) is 26.0. The molecule has 0 radical (unpaired) electrons. The largest absolute Gasteiger partial charge is 0.352 e. The van der Waals surface area contributed by atoms with E-state index in [0.717, 1.165) is 53.1 Å². The van der Waals surface area contributed by atoms with Crippen LogP contribution in [0.25, 0.3) is 0 Å². The summed E-state index contributed by atoms with van der Waals surface area (Å²) < 4.78 is 29.4. The third kappa shape index (κ3) is 8.56. The highest BCUT2D eigenvalue weighted by Crippen LogP contribution is 2.26. The van der Waals surface area contributed by atoms with Crippen molar-refractivity contribution < 1.29 is 18.0 Å². The maximum atomic E-state index is 14.6. The van der Waals surface area contributed by atoms with Crippen LogP contribution in [0.4, 0.5) is 5.69 Å². The predicted molar refractivity (Wildman–Crippen MR) is 183 cm³/mol. The number of nitrogens with zero attached hydrogens (tertiary/aromatic N) is 2. The van der Waals surface area contributed by atoms with Crippen molar-refractivity contribution in [2.75, 3.05) is 10.8 Å². The summed E-state index contributed by atoms with van der Waals surface area (Å²) in [6.07, 6.45) is 5.30. The standard InChI is InChI=1S/C37H40ClN3O4S/c1-28-12-11-17-33(24-28)41(46(44,45)34-18-9-4-10-19-34)27-36(42)40(26-30-20-22-31(38)23-21-30)35(25-29-13-5-2-6-14-29)37(43)39-32-15-7-3-8-16-32/h2,4-6,9-14,17-24,32,35H,3,7-8,15-16,25-27H2,1H3,(H,39,43)/t35-/m1/s1. The number of aryl methyl sites for hydroxylation is 1. The lowest BCUT2D eigenvalue weighted by Crippen LogP contribution is -2.55. The zero-order chi connectivity index (χ0) is 32.5. The van der Waals surface area contributed by atoms with Crippen molar-refractivity contribution in [2.45, 2.75) is 69.0 Å². The van der Waals surface area contributed by atoms with Crippen LogP contribution in [0.5, 0.6) is 0 Å². The minimum Gasteiger partial charge on any atom is -0.352 e. The molecule has 1 fully saturated rings. The van der Waals surface area contributed by atoms with Crippen LogP contribution >= 0.6 is 11.6 Å². The number of anilines is 1. The van der Waals surface area contributed by atoms with E-state index in [1.54, 1.807) is 48.5 Å². The summed E-state index contributed by atoms with van der Waals surface area (Å²) in [5.74, 6) is -0.734. The predicted octanol–water partition coefficient (Wildman–Crippen LogP) is 6.93. The molecule has 0 heterocycles. The van der Waals surface area contributed by atoms with Gasteiger partial charge in [-0.3, -0.25) is 13.9 Å². The molecule has 5 rings (SSSR count). The minimum atomic E-state index is -4.14. The lowest BCUT2D eigenvalue weighted by Gasteiger charge is -2.35. The molecule has 1 aliphatic carbocycles. The second-order valence-electron chi connectivity index (χ2n) is 11.9. The van der Waals surface area contributed by atoms with Crippen LogP contribution in [0, 0.1) is 6.92 Å². The van der Waals surface area contributed by atoms with Gasteiger partial charge in [-0.05, 0) is 72.9 Å². The monoisotopic (exact) mass is 657 g/mol. The van der Waals surface area contributed by atoms with E-state index in [0.29, 0.717) is 10.7 Å². The topological polar surface area (TPSA) is 86.8 Å². The minimum absolute atomic E-state index is 0.0364. The van der Waals surface area contributed by atoms with Crippen molar-refractivity contribution in [1.82, 2.24) is 10.2 Å². The molecule has 1 aliphatic rings. The van der Waals surface area contributed by atoms with E-state index >= 15 is 0 Å². The Morgan fingerprint density at radius 2 is 1.48 bits per heavy atom. The first-order chi connectivity index (χ1) is 22.2. The van der Waals surface area contributed by atoms with Crippen molar-refractivity contribution in [2.24, 2.45) is 0 Å². The molecule has 4 aromatic rings. The van der Waals surface area contributed by atoms with Gasteiger partial charge in [-0.2, -0.15) is 0 Å². The number of halogens is 1. The number of benzene rings is 4. The molecule has 0 spiro atoms. The Labute approximate surface area is 277 Å². The summed E-state index contributed by atoms with van der Waals surface area (Å²) in [4.78, 5) is 30.4. The average Bonchev–Trinajstić information content (AvgIpc) is 3.07. The summed E-state index contributed by atoms with van der Waals surface area (Å²) in [5, 5.41) is 3.79. The fourth-order valence-electron chi connectivity index (χ4n) is 5.92. The zero-order valence-corrected chi connectivity index (χ0v) is 27.6.